The molecular formula is C12H20F3N3O2. The van der Waals surface area contributed by atoms with Crippen molar-refractivity contribution < 1.29 is 22.8 Å². The predicted octanol–water partition coefficient (Wildman–Crippen LogP) is 0.321. The molecule has 0 aromatic heterocycles. The van der Waals surface area contributed by atoms with Gasteiger partial charge < -0.3 is 15.1 Å². The van der Waals surface area contributed by atoms with Crippen molar-refractivity contribution in [3.63, 3.8) is 0 Å². The first-order valence-corrected chi connectivity index (χ1v) is 6.38. The zero-order chi connectivity index (χ0) is 15.5. The van der Waals surface area contributed by atoms with Crippen LogP contribution in [0.4, 0.5) is 13.2 Å². The molecule has 1 aliphatic rings. The Labute approximate surface area is 116 Å². The van der Waals surface area contributed by atoms with Gasteiger partial charge in [-0.15, -0.1) is 0 Å². The lowest BCUT2D eigenvalue weighted by Crippen LogP contribution is -2.48. The first-order valence-electron chi connectivity index (χ1n) is 6.38. The molecule has 0 aromatic rings. The summed E-state index contributed by atoms with van der Waals surface area (Å²) in [6.07, 6.45) is -4.52. The summed E-state index contributed by atoms with van der Waals surface area (Å²) in [7, 11) is 2.89. The highest BCUT2D eigenvalue weighted by atomic mass is 19.4. The summed E-state index contributed by atoms with van der Waals surface area (Å²) in [6.45, 7) is 0.813. The van der Waals surface area contributed by atoms with Gasteiger partial charge in [0.2, 0.25) is 11.8 Å². The van der Waals surface area contributed by atoms with Gasteiger partial charge in [0.25, 0.3) is 0 Å². The van der Waals surface area contributed by atoms with Crippen molar-refractivity contribution in [3.05, 3.63) is 0 Å². The minimum absolute atomic E-state index is 0.0345. The van der Waals surface area contributed by atoms with Gasteiger partial charge in [-0.05, 0) is 12.5 Å². The lowest BCUT2D eigenvalue weighted by molar-refractivity contribution is -0.166. The molecule has 0 bridgehead atoms. The van der Waals surface area contributed by atoms with Gasteiger partial charge in [0, 0.05) is 20.6 Å². The molecule has 1 heterocycles. The number of hydrogen-bond donors (Lipinski definition) is 1. The van der Waals surface area contributed by atoms with E-state index in [1.165, 1.54) is 19.0 Å². The molecule has 0 radical (unpaired) electrons. The summed E-state index contributed by atoms with van der Waals surface area (Å²) in [5.41, 5.74) is 0. The standard InChI is InChI=1S/C12H20F3N3O2/c1-8-4-16-5-9(8)11(20)18(7-12(13,14)15)6-10(19)17(2)3/h8-9,16H,4-7H2,1-3H3. The van der Waals surface area contributed by atoms with Crippen molar-refractivity contribution >= 4 is 11.8 Å². The molecule has 1 rings (SSSR count). The number of nitrogens with zero attached hydrogens (tertiary/aromatic N) is 2. The zero-order valence-electron chi connectivity index (χ0n) is 11.8. The second kappa shape index (κ2) is 6.43. The van der Waals surface area contributed by atoms with Crippen LogP contribution in [-0.2, 0) is 9.59 Å². The van der Waals surface area contributed by atoms with E-state index in [1.807, 2.05) is 6.92 Å². The number of carbonyl (C=O) groups is 2. The molecule has 2 unspecified atom stereocenters. The summed E-state index contributed by atoms with van der Waals surface area (Å²) < 4.78 is 37.7. The highest BCUT2D eigenvalue weighted by Crippen LogP contribution is 2.22. The van der Waals surface area contributed by atoms with Gasteiger partial charge in [0.05, 0.1) is 5.92 Å². The number of nitrogens with one attached hydrogen (secondary N) is 1. The van der Waals surface area contributed by atoms with Gasteiger partial charge in [0.15, 0.2) is 0 Å². The molecule has 20 heavy (non-hydrogen) atoms. The molecule has 8 heteroatoms. The molecule has 116 valence electrons. The van der Waals surface area contributed by atoms with Crippen molar-refractivity contribution in [2.75, 3.05) is 40.3 Å². The highest BCUT2D eigenvalue weighted by molar-refractivity contribution is 5.86. The third-order valence-corrected chi connectivity index (χ3v) is 3.34. The molecule has 0 aliphatic carbocycles. The topological polar surface area (TPSA) is 52.7 Å². The van der Waals surface area contributed by atoms with E-state index in [1.54, 1.807) is 0 Å². The molecule has 1 N–H and O–H groups in total. The van der Waals surface area contributed by atoms with E-state index in [-0.39, 0.29) is 5.92 Å². The van der Waals surface area contributed by atoms with E-state index in [4.69, 9.17) is 0 Å². The number of carbonyl (C=O) groups excluding carboxylic acids is 2. The van der Waals surface area contributed by atoms with Crippen molar-refractivity contribution in [2.45, 2.75) is 13.1 Å². The lowest BCUT2D eigenvalue weighted by atomic mass is 9.96. The predicted molar refractivity (Wildman–Crippen MR) is 66.9 cm³/mol. The average molecular weight is 295 g/mol. The summed E-state index contributed by atoms with van der Waals surface area (Å²) >= 11 is 0. The maximum absolute atomic E-state index is 12.6. The van der Waals surface area contributed by atoms with E-state index in [0.717, 1.165) is 0 Å². The molecule has 1 saturated heterocycles. The first-order chi connectivity index (χ1) is 9.11. The Morgan fingerprint density at radius 3 is 2.25 bits per heavy atom. The Balaban J connectivity index is 2.80. The van der Waals surface area contributed by atoms with Crippen LogP contribution in [0, 0.1) is 11.8 Å². The van der Waals surface area contributed by atoms with E-state index in [2.05, 4.69) is 5.32 Å². The van der Waals surface area contributed by atoms with Crippen LogP contribution >= 0.6 is 0 Å². The molecule has 0 spiro atoms. The van der Waals surface area contributed by atoms with Crippen LogP contribution in [-0.4, -0.2) is 68.1 Å². The van der Waals surface area contributed by atoms with Gasteiger partial charge in [-0.1, -0.05) is 6.92 Å². The maximum Gasteiger partial charge on any atom is 0.406 e. The monoisotopic (exact) mass is 295 g/mol. The second-order valence-corrected chi connectivity index (χ2v) is 5.34. The van der Waals surface area contributed by atoms with E-state index in [9.17, 15) is 22.8 Å². The Morgan fingerprint density at radius 1 is 1.25 bits per heavy atom. The fraction of sp³-hybridized carbons (Fsp3) is 0.833. The molecule has 0 saturated carbocycles. The van der Waals surface area contributed by atoms with Crippen LogP contribution in [0.5, 0.6) is 0 Å². The van der Waals surface area contributed by atoms with Gasteiger partial charge in [-0.25, -0.2) is 0 Å². The van der Waals surface area contributed by atoms with E-state index in [0.29, 0.717) is 18.0 Å². The number of amides is 2. The largest absolute Gasteiger partial charge is 0.406 e. The molecule has 2 atom stereocenters. The molecule has 5 nitrogen and oxygen atoms in total. The molecular weight excluding hydrogens is 275 g/mol. The smallest absolute Gasteiger partial charge is 0.347 e. The number of halogens is 3. The molecule has 1 aliphatic heterocycles. The Hall–Kier alpha value is -1.31. The summed E-state index contributed by atoms with van der Waals surface area (Å²) in [5.74, 6) is -1.68. The van der Waals surface area contributed by atoms with Crippen LogP contribution in [0.25, 0.3) is 0 Å². The Kier molecular flexibility index (Phi) is 5.38. The van der Waals surface area contributed by atoms with Gasteiger partial charge >= 0.3 is 6.18 Å². The van der Waals surface area contributed by atoms with Crippen LogP contribution in [0.2, 0.25) is 0 Å². The zero-order valence-corrected chi connectivity index (χ0v) is 11.8. The normalized spacial score (nSPS) is 22.7. The first kappa shape index (κ1) is 16.7. The van der Waals surface area contributed by atoms with Gasteiger partial charge in [-0.3, -0.25) is 9.59 Å². The number of alkyl halides is 3. The number of hydrogen-bond acceptors (Lipinski definition) is 3. The quantitative estimate of drug-likeness (QED) is 0.813. The fourth-order valence-corrected chi connectivity index (χ4v) is 2.11. The minimum atomic E-state index is -4.52. The van der Waals surface area contributed by atoms with Crippen molar-refractivity contribution in [1.29, 1.82) is 0 Å². The fourth-order valence-electron chi connectivity index (χ4n) is 2.11. The average Bonchev–Trinajstić information content (AvgIpc) is 2.71. The third-order valence-electron chi connectivity index (χ3n) is 3.34. The Bertz CT molecular complexity index is 371. The van der Waals surface area contributed by atoms with Gasteiger partial charge in [-0.2, -0.15) is 13.2 Å². The maximum atomic E-state index is 12.6. The highest BCUT2D eigenvalue weighted by Gasteiger charge is 2.39. The molecule has 1 fully saturated rings. The second-order valence-electron chi connectivity index (χ2n) is 5.34. The van der Waals surface area contributed by atoms with Crippen molar-refractivity contribution in [3.8, 4) is 0 Å². The SMILES string of the molecule is CC1CNCC1C(=O)N(CC(=O)N(C)C)CC(F)(F)F. The number of likely N-dealkylation sites (N-methyl/N-ethyl adjacent to an activating group) is 1. The van der Waals surface area contributed by atoms with Crippen LogP contribution in [0.15, 0.2) is 0 Å². The van der Waals surface area contributed by atoms with Gasteiger partial charge in [0.1, 0.15) is 13.1 Å². The van der Waals surface area contributed by atoms with E-state index >= 15 is 0 Å². The summed E-state index contributed by atoms with van der Waals surface area (Å²) in [6, 6.07) is 0. The Morgan fingerprint density at radius 2 is 1.85 bits per heavy atom. The van der Waals surface area contributed by atoms with Crippen LogP contribution in [0.1, 0.15) is 6.92 Å². The minimum Gasteiger partial charge on any atom is -0.347 e. The van der Waals surface area contributed by atoms with Crippen LogP contribution < -0.4 is 5.32 Å². The van der Waals surface area contributed by atoms with Crippen LogP contribution in [0.3, 0.4) is 0 Å². The molecule has 2 amide bonds. The molecule has 0 aromatic carbocycles. The lowest BCUT2D eigenvalue weighted by Gasteiger charge is -2.28. The summed E-state index contributed by atoms with van der Waals surface area (Å²) in [4.78, 5) is 25.6. The third kappa shape index (κ3) is 4.66. The van der Waals surface area contributed by atoms with Crippen molar-refractivity contribution in [1.82, 2.24) is 15.1 Å². The van der Waals surface area contributed by atoms with Crippen molar-refractivity contribution in [2.24, 2.45) is 11.8 Å². The number of rotatable bonds is 4. The van der Waals surface area contributed by atoms with E-state index < -0.39 is 37.0 Å². The summed E-state index contributed by atoms with van der Waals surface area (Å²) in [5, 5.41) is 2.97.